The summed E-state index contributed by atoms with van der Waals surface area (Å²) >= 11 is 0. The molecule has 1 aromatic carbocycles. The molecule has 0 saturated carbocycles. The van der Waals surface area contributed by atoms with Gasteiger partial charge in [0.05, 0.1) is 25.7 Å². The second-order valence-corrected chi connectivity index (χ2v) is 6.28. The zero-order valence-electron chi connectivity index (χ0n) is 13.7. The fourth-order valence-electron chi connectivity index (χ4n) is 2.89. The summed E-state index contributed by atoms with van der Waals surface area (Å²) in [6, 6.07) is 10.3. The van der Waals surface area contributed by atoms with E-state index in [0.717, 1.165) is 19.3 Å². The van der Waals surface area contributed by atoms with Crippen LogP contribution in [0.25, 0.3) is 0 Å². The highest BCUT2D eigenvalue weighted by Gasteiger charge is 2.35. The summed E-state index contributed by atoms with van der Waals surface area (Å²) in [5.41, 5.74) is 1.30. The number of methoxy groups -OCH3 is 1. The van der Waals surface area contributed by atoms with E-state index in [0.29, 0.717) is 13.0 Å². The third-order valence-electron chi connectivity index (χ3n) is 4.01. The van der Waals surface area contributed by atoms with E-state index in [2.05, 4.69) is 12.1 Å². The molecule has 1 aromatic rings. The third kappa shape index (κ3) is 5.11. The topological polar surface area (TPSA) is 44.8 Å². The van der Waals surface area contributed by atoms with Gasteiger partial charge in [-0.25, -0.2) is 0 Å². The van der Waals surface area contributed by atoms with Crippen molar-refractivity contribution in [3.05, 3.63) is 35.9 Å². The van der Waals surface area contributed by atoms with Gasteiger partial charge >= 0.3 is 5.97 Å². The molecule has 4 heteroatoms. The molecule has 0 aliphatic carbocycles. The molecule has 122 valence electrons. The summed E-state index contributed by atoms with van der Waals surface area (Å²) in [5, 5.41) is 0. The zero-order chi connectivity index (χ0) is 16.0. The van der Waals surface area contributed by atoms with Crippen molar-refractivity contribution >= 4 is 5.97 Å². The molecule has 1 heterocycles. The van der Waals surface area contributed by atoms with Gasteiger partial charge in [-0.1, -0.05) is 30.3 Å². The third-order valence-corrected chi connectivity index (χ3v) is 4.01. The van der Waals surface area contributed by atoms with Gasteiger partial charge < -0.3 is 14.2 Å². The van der Waals surface area contributed by atoms with Gasteiger partial charge in [0.25, 0.3) is 0 Å². The summed E-state index contributed by atoms with van der Waals surface area (Å²) in [6.07, 6.45) is 3.37. The predicted molar refractivity (Wildman–Crippen MR) is 84.4 cm³/mol. The molecule has 2 atom stereocenters. The number of ether oxygens (including phenoxy) is 3. The van der Waals surface area contributed by atoms with Crippen molar-refractivity contribution in [3.63, 3.8) is 0 Å². The molecule has 1 unspecified atom stereocenters. The van der Waals surface area contributed by atoms with E-state index in [1.54, 1.807) is 0 Å². The van der Waals surface area contributed by atoms with E-state index in [1.807, 2.05) is 32.0 Å². The van der Waals surface area contributed by atoms with Crippen LogP contribution in [0.5, 0.6) is 0 Å². The minimum Gasteiger partial charge on any atom is -0.469 e. The Bertz CT molecular complexity index is 469. The first-order valence-electron chi connectivity index (χ1n) is 7.94. The Hall–Kier alpha value is -1.39. The number of hydrogen-bond acceptors (Lipinski definition) is 4. The van der Waals surface area contributed by atoms with Crippen LogP contribution in [0.4, 0.5) is 0 Å². The first kappa shape index (κ1) is 17.0. The molecule has 0 bridgehead atoms. The van der Waals surface area contributed by atoms with Crippen LogP contribution in [-0.2, 0) is 25.4 Å². The largest absolute Gasteiger partial charge is 0.469 e. The molecule has 1 aliphatic rings. The summed E-state index contributed by atoms with van der Waals surface area (Å²) in [6.45, 7) is 4.34. The minimum atomic E-state index is -0.546. The van der Waals surface area contributed by atoms with E-state index >= 15 is 0 Å². The number of carbonyl (C=O) groups is 1. The second-order valence-electron chi connectivity index (χ2n) is 6.28. The highest BCUT2D eigenvalue weighted by Crippen LogP contribution is 2.28. The number of hydrogen-bond donors (Lipinski definition) is 0. The summed E-state index contributed by atoms with van der Waals surface area (Å²) in [5.74, 6) is -0.826. The van der Waals surface area contributed by atoms with Gasteiger partial charge in [0, 0.05) is 0 Å². The molecular formula is C18H26O4. The minimum absolute atomic E-state index is 0.0316. The molecule has 0 amide bonds. The number of aryl methyl sites for hydroxylation is 1. The van der Waals surface area contributed by atoms with Gasteiger partial charge in [0.15, 0.2) is 5.79 Å². The Kier molecular flexibility index (Phi) is 5.98. The molecular weight excluding hydrogens is 280 g/mol. The van der Waals surface area contributed by atoms with Crippen LogP contribution in [0.1, 0.15) is 38.7 Å². The Morgan fingerprint density at radius 1 is 1.36 bits per heavy atom. The molecule has 2 rings (SSSR count). The summed E-state index contributed by atoms with van der Waals surface area (Å²) in [4.78, 5) is 12.0. The second kappa shape index (κ2) is 7.75. The maximum Gasteiger partial charge on any atom is 0.308 e. The zero-order valence-corrected chi connectivity index (χ0v) is 13.7. The highest BCUT2D eigenvalue weighted by molar-refractivity contribution is 5.72. The van der Waals surface area contributed by atoms with Crippen molar-refractivity contribution in [1.82, 2.24) is 0 Å². The first-order valence-corrected chi connectivity index (χ1v) is 7.94. The van der Waals surface area contributed by atoms with E-state index in [-0.39, 0.29) is 18.0 Å². The molecule has 0 spiro atoms. The Balaban J connectivity index is 1.83. The lowest BCUT2D eigenvalue weighted by Gasteiger charge is -2.20. The fraction of sp³-hybridized carbons (Fsp3) is 0.611. The van der Waals surface area contributed by atoms with Crippen LogP contribution in [0.2, 0.25) is 0 Å². The van der Waals surface area contributed by atoms with Crippen LogP contribution < -0.4 is 0 Å². The van der Waals surface area contributed by atoms with Crippen molar-refractivity contribution in [2.75, 3.05) is 13.7 Å². The van der Waals surface area contributed by atoms with E-state index in [9.17, 15) is 4.79 Å². The highest BCUT2D eigenvalue weighted by atomic mass is 16.7. The van der Waals surface area contributed by atoms with Gasteiger partial charge in [0.1, 0.15) is 0 Å². The smallest absolute Gasteiger partial charge is 0.308 e. The molecule has 1 aliphatic heterocycles. The average molecular weight is 306 g/mol. The first-order chi connectivity index (χ1) is 10.5. The van der Waals surface area contributed by atoms with Crippen LogP contribution in [0.3, 0.4) is 0 Å². The van der Waals surface area contributed by atoms with Crippen molar-refractivity contribution < 1.29 is 19.0 Å². The lowest BCUT2D eigenvalue weighted by atomic mass is 9.94. The normalized spacial score (nSPS) is 21.5. The summed E-state index contributed by atoms with van der Waals surface area (Å²) in [7, 11) is 1.45. The lowest BCUT2D eigenvalue weighted by molar-refractivity contribution is -0.152. The van der Waals surface area contributed by atoms with Crippen LogP contribution in [-0.4, -0.2) is 31.6 Å². The lowest BCUT2D eigenvalue weighted by Crippen LogP contribution is -2.26. The molecule has 22 heavy (non-hydrogen) atoms. The number of esters is 1. The Morgan fingerprint density at radius 3 is 2.68 bits per heavy atom. The molecule has 0 radical (unpaired) electrons. The van der Waals surface area contributed by atoms with E-state index < -0.39 is 5.79 Å². The number of carbonyl (C=O) groups excluding carboxylic acids is 1. The van der Waals surface area contributed by atoms with Crippen LogP contribution in [0.15, 0.2) is 30.3 Å². The van der Waals surface area contributed by atoms with E-state index in [1.165, 1.54) is 12.7 Å². The molecule has 1 fully saturated rings. The molecule has 1 saturated heterocycles. The SMILES string of the molecule is COC(=O)C(CCCc1ccccc1)C[C@H]1COC(C)(C)O1. The van der Waals surface area contributed by atoms with Crippen LogP contribution in [0, 0.1) is 5.92 Å². The van der Waals surface area contributed by atoms with Gasteiger partial charge in [-0.15, -0.1) is 0 Å². The fourth-order valence-corrected chi connectivity index (χ4v) is 2.89. The van der Waals surface area contributed by atoms with Crippen molar-refractivity contribution in [3.8, 4) is 0 Å². The number of benzene rings is 1. The average Bonchev–Trinajstić information content (AvgIpc) is 2.85. The Morgan fingerprint density at radius 2 is 2.09 bits per heavy atom. The predicted octanol–water partition coefficient (Wildman–Crippen LogP) is 3.34. The standard InChI is InChI=1S/C18H26O4/c1-18(2)21-13-16(22-18)12-15(17(19)20-3)11-7-10-14-8-5-4-6-9-14/h4-6,8-9,15-16H,7,10-13H2,1-3H3/t15?,16-/m0/s1. The van der Waals surface area contributed by atoms with Gasteiger partial charge in [-0.3, -0.25) is 4.79 Å². The van der Waals surface area contributed by atoms with Gasteiger partial charge in [-0.2, -0.15) is 0 Å². The monoisotopic (exact) mass is 306 g/mol. The van der Waals surface area contributed by atoms with Crippen molar-refractivity contribution in [2.24, 2.45) is 5.92 Å². The molecule has 0 N–H and O–H groups in total. The van der Waals surface area contributed by atoms with Crippen LogP contribution >= 0.6 is 0 Å². The number of rotatable bonds is 7. The van der Waals surface area contributed by atoms with Crippen molar-refractivity contribution in [1.29, 1.82) is 0 Å². The van der Waals surface area contributed by atoms with Gasteiger partial charge in [-0.05, 0) is 45.1 Å². The quantitative estimate of drug-likeness (QED) is 0.725. The van der Waals surface area contributed by atoms with Gasteiger partial charge in [0.2, 0.25) is 0 Å². The van der Waals surface area contributed by atoms with Crippen molar-refractivity contribution in [2.45, 2.75) is 51.4 Å². The van der Waals surface area contributed by atoms with E-state index in [4.69, 9.17) is 14.2 Å². The maximum absolute atomic E-state index is 12.0. The molecule has 4 nitrogen and oxygen atoms in total. The molecule has 0 aromatic heterocycles. The Labute approximate surface area is 132 Å². The summed E-state index contributed by atoms with van der Waals surface area (Å²) < 4.78 is 16.3. The maximum atomic E-state index is 12.0.